The number of hydrogen-bond donors (Lipinski definition) is 2. The van der Waals surface area contributed by atoms with E-state index in [0.29, 0.717) is 12.5 Å². The van der Waals surface area contributed by atoms with Gasteiger partial charge in [-0.2, -0.15) is 0 Å². The Kier molecular flexibility index (Phi) is 3.34. The molecule has 1 aliphatic rings. The molecule has 0 amide bonds. The van der Waals surface area contributed by atoms with Gasteiger partial charge in [0.25, 0.3) is 0 Å². The molecule has 66 valence electrons. The highest BCUT2D eigenvalue weighted by molar-refractivity contribution is 4.77. The smallest absolute Gasteiger partial charge is 0.0690 e. The SMILES string of the molecule is CC(C(O)CN)C1CCCC1. The van der Waals surface area contributed by atoms with Gasteiger partial charge in [0.15, 0.2) is 0 Å². The zero-order chi connectivity index (χ0) is 8.27. The molecule has 0 aromatic carbocycles. The summed E-state index contributed by atoms with van der Waals surface area (Å²) in [4.78, 5) is 0. The van der Waals surface area contributed by atoms with Crippen LogP contribution in [0.5, 0.6) is 0 Å². The number of aliphatic hydroxyl groups is 1. The summed E-state index contributed by atoms with van der Waals surface area (Å²) in [5, 5.41) is 9.46. The van der Waals surface area contributed by atoms with E-state index >= 15 is 0 Å². The molecule has 1 saturated carbocycles. The van der Waals surface area contributed by atoms with Gasteiger partial charge in [0, 0.05) is 6.54 Å². The van der Waals surface area contributed by atoms with E-state index in [1.807, 2.05) is 0 Å². The number of aliphatic hydroxyl groups excluding tert-OH is 1. The van der Waals surface area contributed by atoms with Crippen molar-refractivity contribution in [2.24, 2.45) is 17.6 Å². The van der Waals surface area contributed by atoms with E-state index < -0.39 is 0 Å². The molecule has 0 aliphatic heterocycles. The summed E-state index contributed by atoms with van der Waals surface area (Å²) in [5.74, 6) is 1.14. The van der Waals surface area contributed by atoms with Gasteiger partial charge >= 0.3 is 0 Å². The fourth-order valence-electron chi connectivity index (χ4n) is 2.01. The second-order valence-corrected chi connectivity index (χ2v) is 3.71. The molecule has 0 heterocycles. The first-order valence-electron chi connectivity index (χ1n) is 4.64. The van der Waals surface area contributed by atoms with Crippen molar-refractivity contribution < 1.29 is 5.11 Å². The molecule has 2 nitrogen and oxygen atoms in total. The van der Waals surface area contributed by atoms with Gasteiger partial charge in [0.1, 0.15) is 0 Å². The van der Waals surface area contributed by atoms with Gasteiger partial charge in [-0.15, -0.1) is 0 Å². The first-order chi connectivity index (χ1) is 5.25. The Balaban J connectivity index is 2.32. The minimum Gasteiger partial charge on any atom is -0.392 e. The molecule has 11 heavy (non-hydrogen) atoms. The van der Waals surface area contributed by atoms with Crippen LogP contribution in [0.15, 0.2) is 0 Å². The quantitative estimate of drug-likeness (QED) is 0.645. The van der Waals surface area contributed by atoms with Crippen LogP contribution in [-0.4, -0.2) is 17.8 Å². The molecule has 0 aromatic heterocycles. The van der Waals surface area contributed by atoms with E-state index in [9.17, 15) is 5.11 Å². The average Bonchev–Trinajstić information content (AvgIpc) is 2.53. The van der Waals surface area contributed by atoms with Gasteiger partial charge in [-0.1, -0.05) is 32.6 Å². The lowest BCUT2D eigenvalue weighted by Crippen LogP contribution is -2.31. The van der Waals surface area contributed by atoms with Gasteiger partial charge in [-0.05, 0) is 11.8 Å². The molecule has 0 radical (unpaired) electrons. The van der Waals surface area contributed by atoms with Crippen LogP contribution in [0.25, 0.3) is 0 Å². The average molecular weight is 157 g/mol. The van der Waals surface area contributed by atoms with Crippen molar-refractivity contribution in [3.05, 3.63) is 0 Å². The summed E-state index contributed by atoms with van der Waals surface area (Å²) in [7, 11) is 0. The van der Waals surface area contributed by atoms with E-state index in [1.54, 1.807) is 0 Å². The molecule has 2 unspecified atom stereocenters. The molecule has 1 fully saturated rings. The third kappa shape index (κ3) is 2.17. The molecule has 0 spiro atoms. The predicted octanol–water partition coefficient (Wildman–Crippen LogP) is 1.13. The van der Waals surface area contributed by atoms with Crippen LogP contribution in [-0.2, 0) is 0 Å². The maximum absolute atomic E-state index is 9.46. The van der Waals surface area contributed by atoms with Gasteiger partial charge in [-0.3, -0.25) is 0 Å². The van der Waals surface area contributed by atoms with Crippen LogP contribution in [0, 0.1) is 11.8 Å². The van der Waals surface area contributed by atoms with E-state index in [4.69, 9.17) is 5.73 Å². The fraction of sp³-hybridized carbons (Fsp3) is 1.00. The van der Waals surface area contributed by atoms with Crippen LogP contribution >= 0.6 is 0 Å². The largest absolute Gasteiger partial charge is 0.392 e. The van der Waals surface area contributed by atoms with Crippen LogP contribution in [0.2, 0.25) is 0 Å². The monoisotopic (exact) mass is 157 g/mol. The molecule has 2 atom stereocenters. The zero-order valence-electron chi connectivity index (χ0n) is 7.29. The maximum atomic E-state index is 9.46. The molecule has 1 aliphatic carbocycles. The summed E-state index contributed by atoms with van der Waals surface area (Å²) in [5.41, 5.74) is 5.39. The molecule has 2 heteroatoms. The fourth-order valence-corrected chi connectivity index (χ4v) is 2.01. The Morgan fingerprint density at radius 3 is 2.45 bits per heavy atom. The topological polar surface area (TPSA) is 46.2 Å². The van der Waals surface area contributed by atoms with Crippen LogP contribution < -0.4 is 5.73 Å². The van der Waals surface area contributed by atoms with Crippen LogP contribution in [0.1, 0.15) is 32.6 Å². The number of nitrogens with two attached hydrogens (primary N) is 1. The minimum absolute atomic E-state index is 0.280. The van der Waals surface area contributed by atoms with Gasteiger partial charge in [0.05, 0.1) is 6.10 Å². The number of rotatable bonds is 3. The molecule has 3 N–H and O–H groups in total. The Labute approximate surface area is 68.8 Å². The lowest BCUT2D eigenvalue weighted by atomic mass is 9.88. The lowest BCUT2D eigenvalue weighted by Gasteiger charge is -2.23. The number of hydrogen-bond acceptors (Lipinski definition) is 2. The summed E-state index contributed by atoms with van der Waals surface area (Å²) >= 11 is 0. The van der Waals surface area contributed by atoms with Gasteiger partial charge < -0.3 is 10.8 Å². The second kappa shape index (κ2) is 4.07. The summed E-state index contributed by atoms with van der Waals surface area (Å²) in [6.45, 7) is 2.53. The molecule has 0 bridgehead atoms. The van der Waals surface area contributed by atoms with Gasteiger partial charge in [0.2, 0.25) is 0 Å². The Hall–Kier alpha value is -0.0800. The third-order valence-electron chi connectivity index (χ3n) is 2.99. The Morgan fingerprint density at radius 2 is 2.00 bits per heavy atom. The summed E-state index contributed by atoms with van der Waals surface area (Å²) in [6.07, 6.45) is 4.98. The van der Waals surface area contributed by atoms with E-state index in [0.717, 1.165) is 5.92 Å². The Morgan fingerprint density at radius 1 is 1.45 bits per heavy atom. The zero-order valence-corrected chi connectivity index (χ0v) is 7.29. The highest BCUT2D eigenvalue weighted by Gasteiger charge is 2.25. The second-order valence-electron chi connectivity index (χ2n) is 3.71. The third-order valence-corrected chi connectivity index (χ3v) is 2.99. The van der Waals surface area contributed by atoms with Crippen molar-refractivity contribution in [2.75, 3.05) is 6.54 Å². The van der Waals surface area contributed by atoms with Crippen molar-refractivity contribution in [2.45, 2.75) is 38.7 Å². The van der Waals surface area contributed by atoms with Crippen molar-refractivity contribution >= 4 is 0 Å². The predicted molar refractivity (Wildman–Crippen MR) is 46.2 cm³/mol. The maximum Gasteiger partial charge on any atom is 0.0690 e. The Bertz CT molecular complexity index is 110. The van der Waals surface area contributed by atoms with E-state index in [1.165, 1.54) is 25.7 Å². The van der Waals surface area contributed by atoms with Crippen LogP contribution in [0.3, 0.4) is 0 Å². The lowest BCUT2D eigenvalue weighted by molar-refractivity contribution is 0.0911. The van der Waals surface area contributed by atoms with Crippen molar-refractivity contribution in [3.63, 3.8) is 0 Å². The van der Waals surface area contributed by atoms with Crippen molar-refractivity contribution in [1.82, 2.24) is 0 Å². The normalized spacial score (nSPS) is 25.4. The van der Waals surface area contributed by atoms with Gasteiger partial charge in [-0.25, -0.2) is 0 Å². The molecule has 0 aromatic rings. The standard InChI is InChI=1S/C9H19NO/c1-7(9(11)6-10)8-4-2-3-5-8/h7-9,11H,2-6,10H2,1H3. The van der Waals surface area contributed by atoms with E-state index in [2.05, 4.69) is 6.92 Å². The molecular formula is C9H19NO. The van der Waals surface area contributed by atoms with Crippen LogP contribution in [0.4, 0.5) is 0 Å². The van der Waals surface area contributed by atoms with Crippen molar-refractivity contribution in [1.29, 1.82) is 0 Å². The molecule has 1 rings (SSSR count). The highest BCUT2D eigenvalue weighted by Crippen LogP contribution is 2.32. The highest BCUT2D eigenvalue weighted by atomic mass is 16.3. The first kappa shape index (κ1) is 9.01. The molecule has 0 saturated heterocycles. The molecular weight excluding hydrogens is 138 g/mol. The minimum atomic E-state index is -0.280. The summed E-state index contributed by atoms with van der Waals surface area (Å²) in [6, 6.07) is 0. The van der Waals surface area contributed by atoms with E-state index in [-0.39, 0.29) is 6.10 Å². The summed E-state index contributed by atoms with van der Waals surface area (Å²) < 4.78 is 0. The first-order valence-corrected chi connectivity index (χ1v) is 4.64. The van der Waals surface area contributed by atoms with Crippen molar-refractivity contribution in [3.8, 4) is 0 Å².